The number of amides is 1. The molecule has 2 atom stereocenters. The molecule has 0 bridgehead atoms. The van der Waals surface area contributed by atoms with Crippen LogP contribution in [0.2, 0.25) is 0 Å². The number of ether oxygens (including phenoxy) is 2. The van der Waals surface area contributed by atoms with Gasteiger partial charge in [-0.1, -0.05) is 30.3 Å². The summed E-state index contributed by atoms with van der Waals surface area (Å²) >= 11 is 0. The molecule has 1 amide bonds. The number of benzene rings is 2. The van der Waals surface area contributed by atoms with E-state index in [0.717, 1.165) is 22.8 Å². The van der Waals surface area contributed by atoms with Crippen LogP contribution >= 0.6 is 0 Å². The summed E-state index contributed by atoms with van der Waals surface area (Å²) in [6.07, 6.45) is 1.09. The number of rotatable bonds is 5. The number of nitrogens with one attached hydrogen (secondary N) is 1. The lowest BCUT2D eigenvalue weighted by Crippen LogP contribution is -2.48. The number of hydrogen-bond acceptors (Lipinski definition) is 5. The van der Waals surface area contributed by atoms with Gasteiger partial charge in [-0.2, -0.15) is 0 Å². The summed E-state index contributed by atoms with van der Waals surface area (Å²) in [5.74, 6) is 2.03. The second-order valence-corrected chi connectivity index (χ2v) is 6.88. The standard InChI is InChI=1S/C23H23N3O3/c1-16(17-8-7-9-18(14-17)28-2)25-23(27)21-15-26(22-12-5-6-13-24-22)19-10-3-4-11-20(19)29-21/h3-14,16,21H,15H2,1-2H3,(H,25,27)/t16-,21?/m1/s1. The number of para-hydroxylation sites is 2. The van der Waals surface area contributed by atoms with Crippen LogP contribution in [0.3, 0.4) is 0 Å². The number of methoxy groups -OCH3 is 1. The normalized spacial score (nSPS) is 16.3. The highest BCUT2D eigenvalue weighted by atomic mass is 16.5. The Balaban J connectivity index is 1.54. The van der Waals surface area contributed by atoms with E-state index in [4.69, 9.17) is 9.47 Å². The average molecular weight is 389 g/mol. The van der Waals surface area contributed by atoms with Crippen LogP contribution in [0.5, 0.6) is 11.5 Å². The van der Waals surface area contributed by atoms with Crippen LogP contribution in [0.25, 0.3) is 0 Å². The molecule has 2 aromatic carbocycles. The third kappa shape index (κ3) is 4.01. The van der Waals surface area contributed by atoms with Crippen molar-refractivity contribution >= 4 is 17.4 Å². The van der Waals surface area contributed by atoms with Crippen LogP contribution in [0, 0.1) is 0 Å². The summed E-state index contributed by atoms with van der Waals surface area (Å²) < 4.78 is 11.3. The average Bonchev–Trinajstić information content (AvgIpc) is 2.78. The lowest BCUT2D eigenvalue weighted by atomic mass is 10.1. The summed E-state index contributed by atoms with van der Waals surface area (Å²) in [6.45, 7) is 2.32. The summed E-state index contributed by atoms with van der Waals surface area (Å²) in [7, 11) is 1.63. The van der Waals surface area contributed by atoms with Crippen molar-refractivity contribution in [2.75, 3.05) is 18.6 Å². The maximum Gasteiger partial charge on any atom is 0.263 e. The maximum absolute atomic E-state index is 13.0. The van der Waals surface area contributed by atoms with Gasteiger partial charge in [0.15, 0.2) is 6.10 Å². The number of pyridine rings is 1. The van der Waals surface area contributed by atoms with Gasteiger partial charge in [-0.15, -0.1) is 0 Å². The van der Waals surface area contributed by atoms with Gasteiger partial charge in [-0.05, 0) is 48.9 Å². The fraction of sp³-hybridized carbons (Fsp3) is 0.217. The molecule has 4 rings (SSSR count). The molecule has 2 heterocycles. The Bertz CT molecular complexity index is 993. The monoisotopic (exact) mass is 389 g/mol. The first kappa shape index (κ1) is 18.8. The predicted molar refractivity (Wildman–Crippen MR) is 112 cm³/mol. The molecule has 0 radical (unpaired) electrons. The van der Waals surface area contributed by atoms with Gasteiger partial charge >= 0.3 is 0 Å². The second kappa shape index (κ2) is 8.22. The lowest BCUT2D eigenvalue weighted by molar-refractivity contribution is -0.128. The molecular weight excluding hydrogens is 366 g/mol. The highest BCUT2D eigenvalue weighted by Crippen LogP contribution is 2.37. The summed E-state index contributed by atoms with van der Waals surface area (Å²) in [6, 6.07) is 20.9. The number of nitrogens with zero attached hydrogens (tertiary/aromatic N) is 2. The van der Waals surface area contributed by atoms with Gasteiger partial charge in [0, 0.05) is 6.20 Å². The topological polar surface area (TPSA) is 63.7 Å². The van der Waals surface area contributed by atoms with Crippen molar-refractivity contribution in [2.24, 2.45) is 0 Å². The van der Waals surface area contributed by atoms with E-state index in [1.807, 2.05) is 78.6 Å². The molecule has 0 aliphatic carbocycles. The maximum atomic E-state index is 13.0. The third-order valence-corrected chi connectivity index (χ3v) is 4.94. The summed E-state index contributed by atoms with van der Waals surface area (Å²) in [5.41, 5.74) is 1.87. The quantitative estimate of drug-likeness (QED) is 0.718. The van der Waals surface area contributed by atoms with E-state index in [9.17, 15) is 4.79 Å². The molecule has 1 N–H and O–H groups in total. The Morgan fingerprint density at radius 3 is 2.79 bits per heavy atom. The predicted octanol–water partition coefficient (Wildman–Crippen LogP) is 3.87. The first-order chi connectivity index (χ1) is 14.2. The SMILES string of the molecule is COc1cccc([C@@H](C)NC(=O)C2CN(c3ccccn3)c3ccccc3O2)c1. The summed E-state index contributed by atoms with van der Waals surface area (Å²) in [4.78, 5) is 19.5. The zero-order chi connectivity index (χ0) is 20.2. The number of carbonyl (C=O) groups is 1. The highest BCUT2D eigenvalue weighted by Gasteiger charge is 2.32. The van der Waals surface area contributed by atoms with Crippen LogP contribution < -0.4 is 19.7 Å². The van der Waals surface area contributed by atoms with Crippen molar-refractivity contribution in [1.82, 2.24) is 10.3 Å². The van der Waals surface area contributed by atoms with Gasteiger partial charge in [0.25, 0.3) is 5.91 Å². The van der Waals surface area contributed by atoms with Gasteiger partial charge in [0.05, 0.1) is 25.4 Å². The summed E-state index contributed by atoms with van der Waals surface area (Å²) in [5, 5.41) is 3.05. The van der Waals surface area contributed by atoms with Gasteiger partial charge < -0.3 is 19.7 Å². The molecule has 1 aliphatic heterocycles. The number of carbonyl (C=O) groups excluding carboxylic acids is 1. The molecule has 0 spiro atoms. The van der Waals surface area contributed by atoms with E-state index in [2.05, 4.69) is 10.3 Å². The highest BCUT2D eigenvalue weighted by molar-refractivity contribution is 5.84. The van der Waals surface area contributed by atoms with Crippen LogP contribution in [-0.2, 0) is 4.79 Å². The van der Waals surface area contributed by atoms with Crippen LogP contribution in [-0.4, -0.2) is 30.6 Å². The molecule has 0 saturated carbocycles. The molecule has 1 aliphatic rings. The van der Waals surface area contributed by atoms with E-state index in [0.29, 0.717) is 12.3 Å². The fourth-order valence-corrected chi connectivity index (χ4v) is 3.40. The van der Waals surface area contributed by atoms with Crippen molar-refractivity contribution in [3.8, 4) is 11.5 Å². The molecule has 29 heavy (non-hydrogen) atoms. The van der Waals surface area contributed by atoms with Crippen molar-refractivity contribution in [2.45, 2.75) is 19.1 Å². The zero-order valence-electron chi connectivity index (χ0n) is 16.4. The molecule has 6 heteroatoms. The van der Waals surface area contributed by atoms with E-state index in [-0.39, 0.29) is 11.9 Å². The Labute approximate surface area is 170 Å². The van der Waals surface area contributed by atoms with Crippen molar-refractivity contribution in [3.63, 3.8) is 0 Å². The van der Waals surface area contributed by atoms with Gasteiger partial charge in [-0.3, -0.25) is 4.79 Å². The first-order valence-electron chi connectivity index (χ1n) is 9.54. The van der Waals surface area contributed by atoms with Gasteiger partial charge in [0.2, 0.25) is 0 Å². The Kier molecular flexibility index (Phi) is 5.33. The Morgan fingerprint density at radius 1 is 1.17 bits per heavy atom. The largest absolute Gasteiger partial charge is 0.497 e. The Hall–Kier alpha value is -3.54. The van der Waals surface area contributed by atoms with Crippen LogP contribution in [0.4, 0.5) is 11.5 Å². The second-order valence-electron chi connectivity index (χ2n) is 6.88. The van der Waals surface area contributed by atoms with Crippen LogP contribution in [0.15, 0.2) is 72.9 Å². The molecule has 0 fully saturated rings. The van der Waals surface area contributed by atoms with Crippen molar-refractivity contribution < 1.29 is 14.3 Å². The van der Waals surface area contributed by atoms with Crippen molar-refractivity contribution in [3.05, 3.63) is 78.5 Å². The smallest absolute Gasteiger partial charge is 0.263 e. The van der Waals surface area contributed by atoms with E-state index >= 15 is 0 Å². The number of aromatic nitrogens is 1. The van der Waals surface area contributed by atoms with E-state index in [1.54, 1.807) is 13.3 Å². The Morgan fingerprint density at radius 2 is 2.00 bits per heavy atom. The first-order valence-corrected chi connectivity index (χ1v) is 9.54. The van der Waals surface area contributed by atoms with E-state index in [1.165, 1.54) is 0 Å². The fourth-order valence-electron chi connectivity index (χ4n) is 3.40. The third-order valence-electron chi connectivity index (χ3n) is 4.94. The van der Waals surface area contributed by atoms with E-state index < -0.39 is 6.10 Å². The molecule has 148 valence electrons. The van der Waals surface area contributed by atoms with Crippen molar-refractivity contribution in [1.29, 1.82) is 0 Å². The minimum atomic E-state index is -0.653. The molecular formula is C23H23N3O3. The lowest BCUT2D eigenvalue weighted by Gasteiger charge is -2.35. The van der Waals surface area contributed by atoms with Gasteiger partial charge in [-0.25, -0.2) is 4.98 Å². The molecule has 1 aromatic heterocycles. The molecule has 0 saturated heterocycles. The molecule has 1 unspecified atom stereocenters. The molecule has 3 aromatic rings. The zero-order valence-corrected chi connectivity index (χ0v) is 16.4. The van der Waals surface area contributed by atoms with Crippen LogP contribution in [0.1, 0.15) is 18.5 Å². The van der Waals surface area contributed by atoms with Gasteiger partial charge in [0.1, 0.15) is 17.3 Å². The minimum Gasteiger partial charge on any atom is -0.497 e. The minimum absolute atomic E-state index is 0.171. The number of hydrogen-bond donors (Lipinski definition) is 1. The number of fused-ring (bicyclic) bond motifs is 1. The number of anilines is 2. The molecule has 6 nitrogen and oxygen atoms in total.